The summed E-state index contributed by atoms with van der Waals surface area (Å²) in [6, 6.07) is 13.7. The fraction of sp³-hybridized carbons (Fsp3) is 0.150. The van der Waals surface area contributed by atoms with E-state index in [4.69, 9.17) is 0 Å². The minimum Gasteiger partial charge on any atom is -0.341 e. The summed E-state index contributed by atoms with van der Waals surface area (Å²) in [5.41, 5.74) is 2.61. The van der Waals surface area contributed by atoms with Crippen molar-refractivity contribution < 1.29 is 14.4 Å². The highest BCUT2D eigenvalue weighted by atomic mass is 16.2. The molecule has 0 saturated heterocycles. The zero-order chi connectivity index (χ0) is 18.9. The van der Waals surface area contributed by atoms with Crippen molar-refractivity contribution in [1.29, 1.82) is 0 Å². The van der Waals surface area contributed by atoms with Gasteiger partial charge in [0.2, 0.25) is 11.8 Å². The molecule has 0 aliphatic carbocycles. The molecule has 0 heterocycles. The van der Waals surface area contributed by atoms with E-state index in [-0.39, 0.29) is 24.3 Å². The molecule has 0 unspecified atom stereocenters. The highest BCUT2D eigenvalue weighted by molar-refractivity contribution is 5.95. The van der Waals surface area contributed by atoms with Gasteiger partial charge in [0.15, 0.2) is 0 Å². The Bertz CT molecular complexity index is 860. The summed E-state index contributed by atoms with van der Waals surface area (Å²) < 4.78 is 0. The Morgan fingerprint density at radius 3 is 1.81 bits per heavy atom. The molecule has 0 fully saturated rings. The van der Waals surface area contributed by atoms with E-state index in [0.29, 0.717) is 16.9 Å². The molecule has 2 aromatic rings. The smallest absolute Gasteiger partial charge is 0.252 e. The average molecular weight is 349 g/mol. The molecular formula is C20H19N3O3. The van der Waals surface area contributed by atoms with Gasteiger partial charge in [-0.3, -0.25) is 14.4 Å². The first kappa shape index (κ1) is 18.7. The van der Waals surface area contributed by atoms with Gasteiger partial charge in [-0.1, -0.05) is 11.8 Å². The van der Waals surface area contributed by atoms with Crippen LogP contribution < -0.4 is 16.0 Å². The predicted octanol–water partition coefficient (Wildman–Crippen LogP) is 2.38. The Morgan fingerprint density at radius 2 is 1.31 bits per heavy atom. The van der Waals surface area contributed by atoms with E-state index < -0.39 is 0 Å². The number of hydrogen-bond acceptors (Lipinski definition) is 3. The highest BCUT2D eigenvalue weighted by Gasteiger charge is 2.04. The molecule has 6 heteroatoms. The number of amides is 3. The molecule has 132 valence electrons. The second kappa shape index (κ2) is 9.04. The maximum absolute atomic E-state index is 12.0. The normalized spacial score (nSPS) is 9.46. The molecule has 2 aromatic carbocycles. The molecule has 3 N–H and O–H groups in total. The SMILES string of the molecule is CC(=O)Nc1ccc(C#CCNC(=O)c2ccc(NC(C)=O)cc2)cc1. The molecule has 0 aliphatic heterocycles. The standard InChI is InChI=1S/C20H19N3O3/c1-14(24)22-18-9-5-16(6-10-18)4-3-13-21-20(26)17-7-11-19(12-8-17)23-15(2)25/h5-12H,13H2,1-2H3,(H,21,26)(H,22,24)(H,23,25). The van der Waals surface area contributed by atoms with Crippen LogP contribution in [0.3, 0.4) is 0 Å². The van der Waals surface area contributed by atoms with Gasteiger partial charge in [-0.2, -0.15) is 0 Å². The summed E-state index contributed by atoms with van der Waals surface area (Å²) in [7, 11) is 0. The fourth-order valence-electron chi connectivity index (χ4n) is 2.12. The summed E-state index contributed by atoms with van der Waals surface area (Å²) in [5.74, 6) is 5.28. The van der Waals surface area contributed by atoms with Crippen LogP contribution in [0, 0.1) is 11.8 Å². The zero-order valence-corrected chi connectivity index (χ0v) is 14.6. The molecule has 0 saturated carbocycles. The van der Waals surface area contributed by atoms with Gasteiger partial charge in [-0.25, -0.2) is 0 Å². The maximum Gasteiger partial charge on any atom is 0.252 e. The summed E-state index contributed by atoms with van der Waals surface area (Å²) in [4.78, 5) is 34.0. The topological polar surface area (TPSA) is 87.3 Å². The summed E-state index contributed by atoms with van der Waals surface area (Å²) >= 11 is 0. The number of carbonyl (C=O) groups is 3. The third-order valence-corrected chi connectivity index (χ3v) is 3.24. The van der Waals surface area contributed by atoms with Crippen molar-refractivity contribution in [1.82, 2.24) is 5.32 Å². The van der Waals surface area contributed by atoms with Gasteiger partial charge in [-0.05, 0) is 48.5 Å². The molecule has 0 spiro atoms. The van der Waals surface area contributed by atoms with Gasteiger partial charge < -0.3 is 16.0 Å². The van der Waals surface area contributed by atoms with Crippen LogP contribution in [0.25, 0.3) is 0 Å². The van der Waals surface area contributed by atoms with Crippen molar-refractivity contribution in [3.8, 4) is 11.8 Å². The van der Waals surface area contributed by atoms with E-state index in [1.165, 1.54) is 13.8 Å². The van der Waals surface area contributed by atoms with Crippen LogP contribution in [-0.4, -0.2) is 24.3 Å². The van der Waals surface area contributed by atoms with E-state index in [0.717, 1.165) is 5.56 Å². The van der Waals surface area contributed by atoms with E-state index in [1.807, 2.05) is 0 Å². The molecule has 0 aromatic heterocycles. The van der Waals surface area contributed by atoms with Crippen LogP contribution >= 0.6 is 0 Å². The van der Waals surface area contributed by atoms with Gasteiger partial charge in [0.25, 0.3) is 5.91 Å². The second-order valence-corrected chi connectivity index (χ2v) is 5.50. The number of carbonyl (C=O) groups excluding carboxylic acids is 3. The zero-order valence-electron chi connectivity index (χ0n) is 14.6. The number of anilines is 2. The van der Waals surface area contributed by atoms with Crippen LogP contribution in [-0.2, 0) is 9.59 Å². The third kappa shape index (κ3) is 6.13. The molecule has 26 heavy (non-hydrogen) atoms. The van der Waals surface area contributed by atoms with E-state index >= 15 is 0 Å². The first-order valence-corrected chi connectivity index (χ1v) is 7.96. The third-order valence-electron chi connectivity index (χ3n) is 3.24. The van der Waals surface area contributed by atoms with Gasteiger partial charge >= 0.3 is 0 Å². The van der Waals surface area contributed by atoms with Crippen LogP contribution in [0.5, 0.6) is 0 Å². The molecule has 0 radical (unpaired) electrons. The van der Waals surface area contributed by atoms with Crippen LogP contribution in [0.1, 0.15) is 29.8 Å². The first-order valence-electron chi connectivity index (χ1n) is 7.96. The van der Waals surface area contributed by atoms with Gasteiger partial charge in [0.1, 0.15) is 0 Å². The monoisotopic (exact) mass is 349 g/mol. The lowest BCUT2D eigenvalue weighted by Crippen LogP contribution is -2.23. The molecule has 0 aliphatic rings. The number of hydrogen-bond donors (Lipinski definition) is 3. The van der Waals surface area contributed by atoms with Crippen molar-refractivity contribution in [2.45, 2.75) is 13.8 Å². The molecule has 0 bridgehead atoms. The van der Waals surface area contributed by atoms with Crippen LogP contribution in [0.4, 0.5) is 11.4 Å². The Kier molecular flexibility index (Phi) is 6.52. The van der Waals surface area contributed by atoms with Gasteiger partial charge in [-0.15, -0.1) is 0 Å². The van der Waals surface area contributed by atoms with E-state index in [9.17, 15) is 14.4 Å². The van der Waals surface area contributed by atoms with Crippen molar-refractivity contribution in [2.75, 3.05) is 17.2 Å². The molecular weight excluding hydrogens is 330 g/mol. The summed E-state index contributed by atoms with van der Waals surface area (Å²) in [5, 5.41) is 8.03. The molecule has 6 nitrogen and oxygen atoms in total. The van der Waals surface area contributed by atoms with Crippen molar-refractivity contribution >= 4 is 29.1 Å². The van der Waals surface area contributed by atoms with Gasteiger partial charge in [0, 0.05) is 36.3 Å². The number of rotatable bonds is 4. The van der Waals surface area contributed by atoms with E-state index in [1.54, 1.807) is 48.5 Å². The van der Waals surface area contributed by atoms with Crippen molar-refractivity contribution in [3.05, 3.63) is 59.7 Å². The largest absolute Gasteiger partial charge is 0.341 e. The Balaban J connectivity index is 1.85. The van der Waals surface area contributed by atoms with Crippen molar-refractivity contribution in [2.24, 2.45) is 0 Å². The van der Waals surface area contributed by atoms with Gasteiger partial charge in [0.05, 0.1) is 6.54 Å². The first-order chi connectivity index (χ1) is 12.4. The molecule has 0 atom stereocenters. The molecule has 2 rings (SSSR count). The van der Waals surface area contributed by atoms with Crippen LogP contribution in [0.2, 0.25) is 0 Å². The average Bonchev–Trinajstić information content (AvgIpc) is 2.59. The lowest BCUT2D eigenvalue weighted by Gasteiger charge is -2.04. The highest BCUT2D eigenvalue weighted by Crippen LogP contribution is 2.10. The number of benzene rings is 2. The summed E-state index contributed by atoms with van der Waals surface area (Å²) in [6.07, 6.45) is 0. The lowest BCUT2D eigenvalue weighted by atomic mass is 10.2. The van der Waals surface area contributed by atoms with E-state index in [2.05, 4.69) is 27.8 Å². The Morgan fingerprint density at radius 1 is 0.808 bits per heavy atom. The summed E-state index contributed by atoms with van der Waals surface area (Å²) in [6.45, 7) is 3.08. The minimum atomic E-state index is -0.241. The van der Waals surface area contributed by atoms with Crippen LogP contribution in [0.15, 0.2) is 48.5 Å². The second-order valence-electron chi connectivity index (χ2n) is 5.50. The lowest BCUT2D eigenvalue weighted by molar-refractivity contribution is -0.115. The fourth-order valence-corrected chi connectivity index (χ4v) is 2.12. The number of nitrogens with one attached hydrogen (secondary N) is 3. The maximum atomic E-state index is 12.0. The quantitative estimate of drug-likeness (QED) is 0.741. The van der Waals surface area contributed by atoms with Crippen molar-refractivity contribution in [3.63, 3.8) is 0 Å². The predicted molar refractivity (Wildman–Crippen MR) is 101 cm³/mol. The Labute approximate surface area is 152 Å². The minimum absolute atomic E-state index is 0.128. The Hall–Kier alpha value is -3.59. The molecule has 3 amide bonds.